The lowest BCUT2D eigenvalue weighted by Gasteiger charge is -2.22. The van der Waals surface area contributed by atoms with Crippen LogP contribution in [0.25, 0.3) is 0 Å². The normalized spacial score (nSPS) is 11.8. The molecule has 0 aromatic heterocycles. The number of para-hydroxylation sites is 2. The molecule has 0 aliphatic carbocycles. The van der Waals surface area contributed by atoms with E-state index in [2.05, 4.69) is 20.9 Å². The van der Waals surface area contributed by atoms with E-state index in [1.165, 1.54) is 0 Å². The predicted molar refractivity (Wildman–Crippen MR) is 88.2 cm³/mol. The van der Waals surface area contributed by atoms with Gasteiger partial charge in [0, 0.05) is 10.7 Å². The van der Waals surface area contributed by atoms with Gasteiger partial charge in [-0.25, -0.2) is 0 Å². The van der Waals surface area contributed by atoms with Crippen molar-refractivity contribution in [2.24, 2.45) is 4.99 Å². The van der Waals surface area contributed by atoms with Gasteiger partial charge in [-0.2, -0.15) is 0 Å². The van der Waals surface area contributed by atoms with Crippen LogP contribution in [0.15, 0.2) is 58.0 Å². The predicted octanol–water partition coefficient (Wildman–Crippen LogP) is 5.38. The van der Waals surface area contributed by atoms with Gasteiger partial charge < -0.3 is 4.74 Å². The Morgan fingerprint density at radius 1 is 1.00 bits per heavy atom. The summed E-state index contributed by atoms with van der Waals surface area (Å²) in [7, 11) is 0. The van der Waals surface area contributed by atoms with Gasteiger partial charge in [-0.1, -0.05) is 40.2 Å². The Morgan fingerprint density at radius 2 is 1.65 bits per heavy atom. The molecule has 0 unspecified atom stereocenters. The quantitative estimate of drug-likeness (QED) is 0.692. The van der Waals surface area contributed by atoms with E-state index in [9.17, 15) is 0 Å². The first-order valence-electron chi connectivity index (χ1n) is 6.52. The highest BCUT2D eigenvalue weighted by molar-refractivity contribution is 9.10. The average Bonchev–Trinajstić information content (AvgIpc) is 2.38. The van der Waals surface area contributed by atoms with E-state index in [1.807, 2.05) is 75.5 Å². The van der Waals surface area contributed by atoms with Gasteiger partial charge in [0.1, 0.15) is 17.0 Å². The number of halogens is 1. The van der Waals surface area contributed by atoms with Gasteiger partial charge in [0.05, 0.1) is 0 Å². The van der Waals surface area contributed by atoms with Gasteiger partial charge in [-0.05, 0) is 50.6 Å². The number of nitrogens with zero attached hydrogens (tertiary/aromatic N) is 1. The lowest BCUT2D eigenvalue weighted by Crippen LogP contribution is -2.22. The van der Waals surface area contributed by atoms with Crippen molar-refractivity contribution in [3.05, 3.63) is 58.6 Å². The highest BCUT2D eigenvalue weighted by Gasteiger charge is 2.13. The molecule has 0 aliphatic heterocycles. The smallest absolute Gasteiger partial charge is 0.145 e. The molecule has 2 aromatic rings. The van der Waals surface area contributed by atoms with Crippen LogP contribution in [-0.4, -0.2) is 11.8 Å². The molecule has 0 fully saturated rings. The number of aliphatic imine (C=N–C) groups is 1. The fraction of sp³-hybridized carbons (Fsp3) is 0.235. The summed E-state index contributed by atoms with van der Waals surface area (Å²) < 4.78 is 6.98. The third kappa shape index (κ3) is 4.49. The highest BCUT2D eigenvalue weighted by Crippen LogP contribution is 2.29. The van der Waals surface area contributed by atoms with Crippen LogP contribution in [-0.2, 0) is 0 Å². The van der Waals surface area contributed by atoms with Crippen molar-refractivity contribution in [3.63, 3.8) is 0 Å². The summed E-state index contributed by atoms with van der Waals surface area (Å²) in [4.78, 5) is 4.52. The molecule has 0 heterocycles. The Kier molecular flexibility index (Phi) is 4.61. The number of ether oxygens (including phenoxy) is 1. The summed E-state index contributed by atoms with van der Waals surface area (Å²) >= 11 is 3.42. The van der Waals surface area contributed by atoms with Crippen molar-refractivity contribution in [1.29, 1.82) is 0 Å². The van der Waals surface area contributed by atoms with Crippen LogP contribution in [0.5, 0.6) is 5.75 Å². The lowest BCUT2D eigenvalue weighted by atomic mass is 10.2. The third-order valence-electron chi connectivity index (χ3n) is 2.50. The number of hydrogen-bond acceptors (Lipinski definition) is 2. The molecule has 0 radical (unpaired) electrons. The summed E-state index contributed by atoms with van der Waals surface area (Å²) in [6, 6.07) is 15.8. The van der Waals surface area contributed by atoms with Gasteiger partial charge in [0.25, 0.3) is 0 Å². The molecule has 0 amide bonds. The molecule has 0 saturated carbocycles. The first-order chi connectivity index (χ1) is 9.44. The zero-order chi connectivity index (χ0) is 14.6. The molecule has 0 atom stereocenters. The molecule has 0 aliphatic rings. The topological polar surface area (TPSA) is 21.6 Å². The maximum Gasteiger partial charge on any atom is 0.145 e. The second-order valence-electron chi connectivity index (χ2n) is 5.49. The molecule has 2 rings (SSSR count). The molecule has 0 bridgehead atoms. The number of benzene rings is 2. The van der Waals surface area contributed by atoms with Crippen molar-refractivity contribution < 1.29 is 4.74 Å². The molecule has 0 saturated heterocycles. The zero-order valence-electron chi connectivity index (χ0n) is 11.9. The monoisotopic (exact) mass is 331 g/mol. The average molecular weight is 332 g/mol. The van der Waals surface area contributed by atoms with Gasteiger partial charge in [0.15, 0.2) is 0 Å². The second kappa shape index (κ2) is 6.23. The van der Waals surface area contributed by atoms with E-state index in [-0.39, 0.29) is 5.60 Å². The minimum Gasteiger partial charge on any atom is -0.486 e. The van der Waals surface area contributed by atoms with Crippen LogP contribution >= 0.6 is 15.9 Å². The van der Waals surface area contributed by atoms with Gasteiger partial charge in [-0.3, -0.25) is 4.99 Å². The maximum absolute atomic E-state index is 5.92. The first kappa shape index (κ1) is 14.8. The number of hydrogen-bond donors (Lipinski definition) is 0. The zero-order valence-corrected chi connectivity index (χ0v) is 13.5. The van der Waals surface area contributed by atoms with Crippen molar-refractivity contribution in [2.75, 3.05) is 0 Å². The molecule has 0 spiro atoms. The minimum atomic E-state index is -0.233. The molecular weight excluding hydrogens is 314 g/mol. The first-order valence-corrected chi connectivity index (χ1v) is 7.31. The number of rotatable bonds is 3. The van der Waals surface area contributed by atoms with Gasteiger partial charge in [-0.15, -0.1) is 0 Å². The van der Waals surface area contributed by atoms with Crippen LogP contribution in [0.2, 0.25) is 0 Å². The Bertz CT molecular complexity index is 597. The van der Waals surface area contributed by atoms with E-state index in [1.54, 1.807) is 0 Å². The largest absolute Gasteiger partial charge is 0.486 e. The van der Waals surface area contributed by atoms with Crippen molar-refractivity contribution in [1.82, 2.24) is 0 Å². The lowest BCUT2D eigenvalue weighted by molar-refractivity contribution is 0.132. The Balaban J connectivity index is 2.22. The van der Waals surface area contributed by atoms with Crippen molar-refractivity contribution in [2.45, 2.75) is 26.4 Å². The van der Waals surface area contributed by atoms with E-state index in [4.69, 9.17) is 4.74 Å². The fourth-order valence-electron chi connectivity index (χ4n) is 1.67. The molecular formula is C17H18BrNO. The maximum atomic E-state index is 5.92. The van der Waals surface area contributed by atoms with E-state index in [0.717, 1.165) is 21.5 Å². The van der Waals surface area contributed by atoms with Gasteiger partial charge >= 0.3 is 0 Å². The summed E-state index contributed by atoms with van der Waals surface area (Å²) in [6.45, 7) is 6.09. The summed E-state index contributed by atoms with van der Waals surface area (Å²) in [5, 5.41) is 0. The van der Waals surface area contributed by atoms with E-state index < -0.39 is 0 Å². The molecule has 3 heteroatoms. The minimum absolute atomic E-state index is 0.233. The highest BCUT2D eigenvalue weighted by atomic mass is 79.9. The molecule has 2 nitrogen and oxygen atoms in total. The standard InChI is InChI=1S/C17H18BrNO/c1-17(2,3)20-16-7-5-4-6-15(16)19-12-13-8-10-14(18)11-9-13/h4-12H,1-3H3. The van der Waals surface area contributed by atoms with E-state index in [0.29, 0.717) is 0 Å². The van der Waals surface area contributed by atoms with Gasteiger partial charge in [0.2, 0.25) is 0 Å². The molecule has 0 N–H and O–H groups in total. The third-order valence-corrected chi connectivity index (χ3v) is 3.03. The van der Waals surface area contributed by atoms with Crippen LogP contribution in [0.1, 0.15) is 26.3 Å². The Labute approximate surface area is 128 Å². The van der Waals surface area contributed by atoms with Crippen LogP contribution in [0, 0.1) is 0 Å². The Hall–Kier alpha value is -1.61. The molecule has 104 valence electrons. The summed E-state index contributed by atoms with van der Waals surface area (Å²) in [6.07, 6.45) is 1.84. The molecule has 2 aromatic carbocycles. The van der Waals surface area contributed by atoms with Crippen LogP contribution < -0.4 is 4.74 Å². The Morgan fingerprint density at radius 3 is 2.30 bits per heavy atom. The van der Waals surface area contributed by atoms with Crippen molar-refractivity contribution >= 4 is 27.8 Å². The van der Waals surface area contributed by atoms with Crippen molar-refractivity contribution in [3.8, 4) is 5.75 Å². The summed E-state index contributed by atoms with van der Waals surface area (Å²) in [5.74, 6) is 0.799. The summed E-state index contributed by atoms with van der Waals surface area (Å²) in [5.41, 5.74) is 1.66. The second-order valence-corrected chi connectivity index (χ2v) is 6.41. The molecule has 20 heavy (non-hydrogen) atoms. The van der Waals surface area contributed by atoms with Crippen LogP contribution in [0.4, 0.5) is 5.69 Å². The van der Waals surface area contributed by atoms with Crippen LogP contribution in [0.3, 0.4) is 0 Å². The SMILES string of the molecule is CC(C)(C)Oc1ccccc1N=Cc1ccc(Br)cc1. The van der Waals surface area contributed by atoms with E-state index >= 15 is 0 Å². The fourth-order valence-corrected chi connectivity index (χ4v) is 1.94.